The van der Waals surface area contributed by atoms with Crippen molar-refractivity contribution in [2.45, 2.75) is 6.54 Å². The van der Waals surface area contributed by atoms with Crippen molar-refractivity contribution in [1.29, 1.82) is 0 Å². The molecule has 0 aliphatic carbocycles. The molecular weight excluding hydrogens is 409 g/mol. The molecule has 0 aliphatic heterocycles. The molecule has 4 aromatic rings. The summed E-state index contributed by atoms with van der Waals surface area (Å²) in [5.41, 5.74) is 2.88. The molecule has 0 radical (unpaired) electrons. The molecule has 0 saturated heterocycles. The fourth-order valence-electron chi connectivity index (χ4n) is 3.18. The third-order valence-electron chi connectivity index (χ3n) is 4.64. The summed E-state index contributed by atoms with van der Waals surface area (Å²) in [5.74, 6) is 0.499. The van der Waals surface area contributed by atoms with Gasteiger partial charge in [-0.1, -0.05) is 41.4 Å². The predicted octanol–water partition coefficient (Wildman–Crippen LogP) is 5.65. The van der Waals surface area contributed by atoms with Crippen LogP contribution in [0.15, 0.2) is 67.1 Å². The minimum absolute atomic E-state index is 0.300. The standard InChI is InChI=1S/C22H17Cl2N3O2/c1-29-15-7-5-14(6-8-15)12-27-13-17(16-11-25-10-9-20(16)27)22(28)26-21-18(23)3-2-4-19(21)24/h2-11,13H,12H2,1H3,(H,26,28). The van der Waals surface area contributed by atoms with Crippen LogP contribution in [0.25, 0.3) is 10.9 Å². The van der Waals surface area contributed by atoms with E-state index >= 15 is 0 Å². The summed E-state index contributed by atoms with van der Waals surface area (Å²) in [6.45, 7) is 0.602. The summed E-state index contributed by atoms with van der Waals surface area (Å²) in [4.78, 5) is 17.2. The Hall–Kier alpha value is -3.02. The van der Waals surface area contributed by atoms with Crippen LogP contribution in [0.1, 0.15) is 15.9 Å². The second kappa shape index (κ2) is 8.15. The molecule has 0 saturated carbocycles. The number of benzene rings is 2. The summed E-state index contributed by atoms with van der Waals surface area (Å²) in [5, 5.41) is 4.33. The van der Waals surface area contributed by atoms with Gasteiger partial charge in [0.1, 0.15) is 5.75 Å². The lowest BCUT2D eigenvalue weighted by molar-refractivity contribution is 0.102. The molecule has 0 fully saturated rings. The molecule has 146 valence electrons. The lowest BCUT2D eigenvalue weighted by Crippen LogP contribution is -2.12. The van der Waals surface area contributed by atoms with E-state index in [-0.39, 0.29) is 5.91 Å². The van der Waals surface area contributed by atoms with E-state index in [1.807, 2.05) is 41.1 Å². The van der Waals surface area contributed by atoms with E-state index in [4.69, 9.17) is 27.9 Å². The number of amides is 1. The van der Waals surface area contributed by atoms with Crippen LogP contribution in [-0.2, 0) is 6.54 Å². The molecule has 4 rings (SSSR count). The van der Waals surface area contributed by atoms with E-state index in [0.29, 0.717) is 27.8 Å². The van der Waals surface area contributed by atoms with E-state index in [1.165, 1.54) is 0 Å². The largest absolute Gasteiger partial charge is 0.497 e. The van der Waals surface area contributed by atoms with Crippen LogP contribution in [0.3, 0.4) is 0 Å². The van der Waals surface area contributed by atoms with Crippen molar-refractivity contribution < 1.29 is 9.53 Å². The Kier molecular flexibility index (Phi) is 5.43. The summed E-state index contributed by atoms with van der Waals surface area (Å²) in [7, 11) is 1.64. The fourth-order valence-corrected chi connectivity index (χ4v) is 3.67. The van der Waals surface area contributed by atoms with Crippen LogP contribution in [-0.4, -0.2) is 22.6 Å². The number of ether oxygens (including phenoxy) is 1. The van der Waals surface area contributed by atoms with Crippen molar-refractivity contribution in [2.75, 3.05) is 12.4 Å². The normalized spacial score (nSPS) is 10.9. The van der Waals surface area contributed by atoms with Crippen LogP contribution >= 0.6 is 23.2 Å². The van der Waals surface area contributed by atoms with Gasteiger partial charge in [0, 0.05) is 30.5 Å². The van der Waals surface area contributed by atoms with Gasteiger partial charge < -0.3 is 14.6 Å². The first kappa shape index (κ1) is 19.3. The number of nitrogens with zero attached hydrogens (tertiary/aromatic N) is 2. The topological polar surface area (TPSA) is 56.1 Å². The number of rotatable bonds is 5. The third-order valence-corrected chi connectivity index (χ3v) is 5.27. The SMILES string of the molecule is COc1ccc(Cn2cc(C(=O)Nc3c(Cl)cccc3Cl)c3cnccc32)cc1. The summed E-state index contributed by atoms with van der Waals surface area (Å²) in [6, 6.07) is 14.8. The first-order chi connectivity index (χ1) is 14.1. The first-order valence-corrected chi connectivity index (χ1v) is 9.63. The van der Waals surface area contributed by atoms with Gasteiger partial charge in [0.2, 0.25) is 0 Å². The van der Waals surface area contributed by atoms with Gasteiger partial charge in [0.25, 0.3) is 5.91 Å². The zero-order valence-electron chi connectivity index (χ0n) is 15.5. The molecule has 5 nitrogen and oxygen atoms in total. The smallest absolute Gasteiger partial charge is 0.257 e. The molecule has 0 aliphatic rings. The molecular formula is C22H17Cl2N3O2. The number of carbonyl (C=O) groups is 1. The maximum atomic E-state index is 13.0. The third kappa shape index (κ3) is 3.92. The molecule has 1 N–H and O–H groups in total. The van der Waals surface area contributed by atoms with Crippen molar-refractivity contribution in [2.24, 2.45) is 0 Å². The maximum absolute atomic E-state index is 13.0. The van der Waals surface area contributed by atoms with Crippen LogP contribution in [0.2, 0.25) is 10.0 Å². The number of hydrogen-bond acceptors (Lipinski definition) is 3. The zero-order chi connectivity index (χ0) is 20.4. The molecule has 0 unspecified atom stereocenters. The van der Waals surface area contributed by atoms with Crippen molar-refractivity contribution in [1.82, 2.24) is 9.55 Å². The Morgan fingerprint density at radius 1 is 1.10 bits per heavy atom. The molecule has 1 amide bonds. The Morgan fingerprint density at radius 3 is 2.52 bits per heavy atom. The van der Waals surface area contributed by atoms with E-state index in [2.05, 4.69) is 10.3 Å². The number of halogens is 2. The minimum atomic E-state index is -0.300. The van der Waals surface area contributed by atoms with Crippen molar-refractivity contribution in [3.63, 3.8) is 0 Å². The van der Waals surface area contributed by atoms with Gasteiger partial charge in [-0.05, 0) is 35.9 Å². The maximum Gasteiger partial charge on any atom is 0.257 e. The highest BCUT2D eigenvalue weighted by molar-refractivity contribution is 6.40. The van der Waals surface area contributed by atoms with Gasteiger partial charge in [-0.3, -0.25) is 9.78 Å². The lowest BCUT2D eigenvalue weighted by Gasteiger charge is -2.08. The number of hydrogen-bond donors (Lipinski definition) is 1. The lowest BCUT2D eigenvalue weighted by atomic mass is 10.2. The Labute approximate surface area is 177 Å². The summed E-state index contributed by atoms with van der Waals surface area (Å²) in [6.07, 6.45) is 5.21. The van der Waals surface area contributed by atoms with Crippen molar-refractivity contribution >= 4 is 45.7 Å². The highest BCUT2D eigenvalue weighted by Crippen LogP contribution is 2.31. The second-order valence-electron chi connectivity index (χ2n) is 6.46. The fraction of sp³-hybridized carbons (Fsp3) is 0.0909. The second-order valence-corrected chi connectivity index (χ2v) is 7.28. The van der Waals surface area contributed by atoms with Gasteiger partial charge >= 0.3 is 0 Å². The Balaban J connectivity index is 1.69. The molecule has 0 bridgehead atoms. The van der Waals surface area contributed by atoms with Crippen molar-refractivity contribution in [3.05, 3.63) is 88.3 Å². The quantitative estimate of drug-likeness (QED) is 0.449. The number of para-hydroxylation sites is 1. The Bertz CT molecular complexity index is 1170. The first-order valence-electron chi connectivity index (χ1n) is 8.88. The number of methoxy groups -OCH3 is 1. The molecule has 2 heterocycles. The Morgan fingerprint density at radius 2 is 1.83 bits per heavy atom. The van der Waals surface area contributed by atoms with Gasteiger partial charge in [-0.2, -0.15) is 0 Å². The van der Waals surface area contributed by atoms with E-state index in [0.717, 1.165) is 22.2 Å². The number of fused-ring (bicyclic) bond motifs is 1. The van der Waals surface area contributed by atoms with E-state index < -0.39 is 0 Å². The van der Waals surface area contributed by atoms with Crippen LogP contribution < -0.4 is 10.1 Å². The molecule has 0 spiro atoms. The van der Waals surface area contributed by atoms with E-state index in [9.17, 15) is 4.79 Å². The monoisotopic (exact) mass is 425 g/mol. The summed E-state index contributed by atoms with van der Waals surface area (Å²) >= 11 is 12.4. The van der Waals surface area contributed by atoms with Crippen LogP contribution in [0.5, 0.6) is 5.75 Å². The summed E-state index contributed by atoms with van der Waals surface area (Å²) < 4.78 is 7.23. The molecule has 0 atom stereocenters. The van der Waals surface area contributed by atoms with Gasteiger partial charge in [0.05, 0.1) is 33.9 Å². The van der Waals surface area contributed by atoms with Gasteiger partial charge in [-0.25, -0.2) is 0 Å². The van der Waals surface area contributed by atoms with Gasteiger partial charge in [-0.15, -0.1) is 0 Å². The van der Waals surface area contributed by atoms with Crippen LogP contribution in [0.4, 0.5) is 5.69 Å². The van der Waals surface area contributed by atoms with E-state index in [1.54, 1.807) is 37.7 Å². The number of pyridine rings is 1. The van der Waals surface area contributed by atoms with Crippen LogP contribution in [0, 0.1) is 0 Å². The predicted molar refractivity (Wildman–Crippen MR) is 116 cm³/mol. The number of carbonyl (C=O) groups excluding carboxylic acids is 1. The minimum Gasteiger partial charge on any atom is -0.497 e. The average Bonchev–Trinajstić information content (AvgIpc) is 3.10. The molecule has 7 heteroatoms. The highest BCUT2D eigenvalue weighted by Gasteiger charge is 2.18. The molecule has 2 aromatic heterocycles. The molecule has 29 heavy (non-hydrogen) atoms. The number of nitrogens with one attached hydrogen (secondary N) is 1. The van der Waals surface area contributed by atoms with Gasteiger partial charge in [0.15, 0.2) is 0 Å². The number of aromatic nitrogens is 2. The average molecular weight is 426 g/mol. The van der Waals surface area contributed by atoms with Crippen molar-refractivity contribution in [3.8, 4) is 5.75 Å². The number of anilines is 1. The zero-order valence-corrected chi connectivity index (χ0v) is 17.0. The highest BCUT2D eigenvalue weighted by atomic mass is 35.5. The molecule has 2 aromatic carbocycles.